The van der Waals surface area contributed by atoms with Crippen LogP contribution in [0.1, 0.15) is 26.7 Å². The highest BCUT2D eigenvalue weighted by molar-refractivity contribution is 5.87. The number of ether oxygens (including phenoxy) is 2. The fourth-order valence-electron chi connectivity index (χ4n) is 0.747. The van der Waals surface area contributed by atoms with Gasteiger partial charge in [-0.1, -0.05) is 13.5 Å². The van der Waals surface area contributed by atoms with Gasteiger partial charge in [-0.3, -0.25) is 4.79 Å². The first-order chi connectivity index (χ1) is 7.11. The number of carbonyl (C=O) groups excluding carboxylic acids is 2. The lowest BCUT2D eigenvalue weighted by molar-refractivity contribution is -0.150. The van der Waals surface area contributed by atoms with Crippen LogP contribution in [0.25, 0.3) is 0 Å². The summed E-state index contributed by atoms with van der Waals surface area (Å²) >= 11 is 0. The third-order valence-corrected chi connectivity index (χ3v) is 1.61. The summed E-state index contributed by atoms with van der Waals surface area (Å²) < 4.78 is 9.55. The molecule has 4 heteroatoms. The van der Waals surface area contributed by atoms with Crippen LogP contribution in [0.15, 0.2) is 17.9 Å². The van der Waals surface area contributed by atoms with Gasteiger partial charge in [-0.05, 0) is 13.3 Å². The molecule has 0 atom stereocenters. The number of rotatable bonds is 6. The lowest BCUT2D eigenvalue weighted by atomic mass is 10.3. The minimum Gasteiger partial charge on any atom is -0.462 e. The van der Waals surface area contributed by atoms with Crippen molar-refractivity contribution in [1.82, 2.24) is 0 Å². The Hall–Kier alpha value is -1.54. The highest BCUT2D eigenvalue weighted by Gasteiger charge is 2.05. The van der Waals surface area contributed by atoms with Crippen molar-refractivity contribution in [2.24, 2.45) is 0 Å². The summed E-state index contributed by atoms with van der Waals surface area (Å²) in [6.45, 7) is 6.91. The second-order valence-corrected chi connectivity index (χ2v) is 2.91. The number of esters is 2. The molecule has 84 valence electrons. The van der Waals surface area contributed by atoms with Crippen molar-refractivity contribution < 1.29 is 19.1 Å². The maximum Gasteiger partial charge on any atom is 0.341 e. The Morgan fingerprint density at radius 1 is 1.27 bits per heavy atom. The molecule has 0 rings (SSSR count). The van der Waals surface area contributed by atoms with E-state index in [0.29, 0.717) is 12.0 Å². The molecule has 15 heavy (non-hydrogen) atoms. The Balaban J connectivity index is 3.59. The van der Waals surface area contributed by atoms with Crippen LogP contribution in [-0.4, -0.2) is 25.2 Å². The summed E-state index contributed by atoms with van der Waals surface area (Å²) in [4.78, 5) is 21.9. The second-order valence-electron chi connectivity index (χ2n) is 2.91. The summed E-state index contributed by atoms with van der Waals surface area (Å²) in [6.07, 6.45) is 1.14. The van der Waals surface area contributed by atoms with E-state index in [1.165, 1.54) is 0 Å². The lowest BCUT2D eigenvalue weighted by Gasteiger charge is -2.05. The van der Waals surface area contributed by atoms with Crippen LogP contribution in [0, 0.1) is 0 Å². The van der Waals surface area contributed by atoms with Crippen LogP contribution in [0.2, 0.25) is 0 Å². The Morgan fingerprint density at radius 2 is 1.87 bits per heavy atom. The summed E-state index contributed by atoms with van der Waals surface area (Å²) in [5.41, 5.74) is 2.73. The van der Waals surface area contributed by atoms with E-state index < -0.39 is 5.97 Å². The van der Waals surface area contributed by atoms with Gasteiger partial charge in [0.1, 0.15) is 13.2 Å². The van der Waals surface area contributed by atoms with Crippen LogP contribution >= 0.6 is 0 Å². The summed E-state index contributed by atoms with van der Waals surface area (Å²) in [5, 5.41) is 0. The van der Waals surface area contributed by atoms with Gasteiger partial charge in [0.05, 0.1) is 5.57 Å². The Bertz CT molecular complexity index is 274. The third kappa shape index (κ3) is 6.52. The molecule has 0 saturated carbocycles. The van der Waals surface area contributed by atoms with Crippen molar-refractivity contribution >= 4 is 11.9 Å². The maximum atomic E-state index is 11.0. The Morgan fingerprint density at radius 3 is 2.40 bits per heavy atom. The average Bonchev–Trinajstić information content (AvgIpc) is 2.23. The second kappa shape index (κ2) is 7.83. The minimum atomic E-state index is -0.489. The van der Waals surface area contributed by atoms with E-state index in [4.69, 9.17) is 9.47 Å². The van der Waals surface area contributed by atoms with Gasteiger partial charge < -0.3 is 9.47 Å². The molecular formula is C11H16O4. The Labute approximate surface area is 89.6 Å². The van der Waals surface area contributed by atoms with Crippen LogP contribution in [0.4, 0.5) is 0 Å². The lowest BCUT2D eigenvalue weighted by Crippen LogP contribution is -2.13. The molecule has 0 aliphatic heterocycles. The summed E-state index contributed by atoms with van der Waals surface area (Å²) in [5.74, 6) is -0.763. The molecule has 4 nitrogen and oxygen atoms in total. The molecule has 0 aromatic carbocycles. The first-order valence-electron chi connectivity index (χ1n) is 4.81. The minimum absolute atomic E-state index is 0.0628. The predicted octanol–water partition coefficient (Wildman–Crippen LogP) is 1.60. The van der Waals surface area contributed by atoms with Crippen LogP contribution in [-0.2, 0) is 19.1 Å². The van der Waals surface area contributed by atoms with Crippen LogP contribution < -0.4 is 0 Å². The van der Waals surface area contributed by atoms with E-state index in [1.54, 1.807) is 6.92 Å². The Kier molecular flexibility index (Phi) is 7.02. The molecule has 0 spiro atoms. The van der Waals surface area contributed by atoms with E-state index in [1.807, 2.05) is 6.92 Å². The molecule has 0 aliphatic rings. The van der Waals surface area contributed by atoms with Crippen molar-refractivity contribution in [3.8, 4) is 0 Å². The van der Waals surface area contributed by atoms with Crippen molar-refractivity contribution in [3.63, 3.8) is 0 Å². The van der Waals surface area contributed by atoms with Gasteiger partial charge >= 0.3 is 11.9 Å². The zero-order chi connectivity index (χ0) is 11.7. The molecule has 0 N–H and O–H groups in total. The van der Waals surface area contributed by atoms with Gasteiger partial charge in [-0.25, -0.2) is 4.79 Å². The predicted molar refractivity (Wildman–Crippen MR) is 55.2 cm³/mol. The highest BCUT2D eigenvalue weighted by atomic mass is 16.6. The maximum absolute atomic E-state index is 11.0. The first-order valence-corrected chi connectivity index (χ1v) is 4.81. The molecule has 0 bridgehead atoms. The van der Waals surface area contributed by atoms with Crippen LogP contribution in [0.3, 0.4) is 0 Å². The van der Waals surface area contributed by atoms with Gasteiger partial charge in [-0.2, -0.15) is 0 Å². The van der Waals surface area contributed by atoms with Gasteiger partial charge in [0.25, 0.3) is 0 Å². The molecule has 0 aromatic heterocycles. The molecule has 0 unspecified atom stereocenters. The number of carbonyl (C=O) groups is 2. The molecule has 0 saturated heterocycles. The van der Waals surface area contributed by atoms with Crippen molar-refractivity contribution in [2.75, 3.05) is 13.2 Å². The average molecular weight is 212 g/mol. The molecule has 0 heterocycles. The normalized spacial score (nSPS) is 8.93. The quantitative estimate of drug-likeness (QED) is 0.290. The smallest absolute Gasteiger partial charge is 0.341 e. The monoisotopic (exact) mass is 212 g/mol. The summed E-state index contributed by atoms with van der Waals surface area (Å²) in [7, 11) is 0. The van der Waals surface area contributed by atoms with E-state index in [0.717, 1.165) is 6.42 Å². The van der Waals surface area contributed by atoms with Gasteiger partial charge in [-0.15, -0.1) is 5.73 Å². The standard InChI is InChI=1S/C11H16O4/c1-4-6-10(12)14-7-8-15-11(13)9(3)5-2/h2,4,6-8H2,1,3H3. The van der Waals surface area contributed by atoms with Crippen molar-refractivity contribution in [1.29, 1.82) is 0 Å². The zero-order valence-corrected chi connectivity index (χ0v) is 9.17. The van der Waals surface area contributed by atoms with Gasteiger partial charge in [0.15, 0.2) is 0 Å². The number of hydrogen-bond acceptors (Lipinski definition) is 4. The van der Waals surface area contributed by atoms with E-state index in [9.17, 15) is 9.59 Å². The molecule has 0 fully saturated rings. The summed E-state index contributed by atoms with van der Waals surface area (Å²) in [6, 6.07) is 0. The molecule has 0 aromatic rings. The SMILES string of the molecule is C=C=C(C)C(=O)OCCOC(=O)CCC. The third-order valence-electron chi connectivity index (χ3n) is 1.61. The fourth-order valence-corrected chi connectivity index (χ4v) is 0.747. The van der Waals surface area contributed by atoms with E-state index in [2.05, 4.69) is 12.3 Å². The zero-order valence-electron chi connectivity index (χ0n) is 9.17. The molecule has 0 amide bonds. The fraction of sp³-hybridized carbons (Fsp3) is 0.545. The largest absolute Gasteiger partial charge is 0.462 e. The van der Waals surface area contributed by atoms with E-state index >= 15 is 0 Å². The van der Waals surface area contributed by atoms with Gasteiger partial charge in [0.2, 0.25) is 0 Å². The van der Waals surface area contributed by atoms with Crippen molar-refractivity contribution in [3.05, 3.63) is 17.9 Å². The molecule has 0 radical (unpaired) electrons. The first kappa shape index (κ1) is 13.5. The van der Waals surface area contributed by atoms with Gasteiger partial charge in [0, 0.05) is 6.42 Å². The van der Waals surface area contributed by atoms with E-state index in [-0.39, 0.29) is 19.2 Å². The van der Waals surface area contributed by atoms with Crippen LogP contribution in [0.5, 0.6) is 0 Å². The number of hydrogen-bond donors (Lipinski definition) is 0. The highest BCUT2D eigenvalue weighted by Crippen LogP contribution is 1.94. The molecular weight excluding hydrogens is 196 g/mol. The topological polar surface area (TPSA) is 52.6 Å². The van der Waals surface area contributed by atoms with Crippen molar-refractivity contribution in [2.45, 2.75) is 26.7 Å². The molecule has 0 aliphatic carbocycles.